The van der Waals surface area contributed by atoms with E-state index in [9.17, 15) is 14.4 Å². The van der Waals surface area contributed by atoms with E-state index in [0.29, 0.717) is 24.2 Å². The first-order chi connectivity index (χ1) is 16.9. The van der Waals surface area contributed by atoms with Crippen molar-refractivity contribution in [3.8, 4) is 0 Å². The first-order valence-electron chi connectivity index (χ1n) is 12.5. The Balaban J connectivity index is 1.43. The lowest BCUT2D eigenvalue weighted by atomic mass is 9.87. The molecule has 2 atom stereocenters. The van der Waals surface area contributed by atoms with Gasteiger partial charge in [0.25, 0.3) is 11.8 Å². The second-order valence-electron chi connectivity index (χ2n) is 9.84. The third-order valence-electron chi connectivity index (χ3n) is 7.45. The van der Waals surface area contributed by atoms with Crippen molar-refractivity contribution in [2.45, 2.75) is 64.5 Å². The molecule has 2 N–H and O–H groups in total. The van der Waals surface area contributed by atoms with Crippen LogP contribution >= 0.6 is 0 Å². The van der Waals surface area contributed by atoms with Gasteiger partial charge >= 0.3 is 6.03 Å². The van der Waals surface area contributed by atoms with Crippen molar-refractivity contribution in [3.63, 3.8) is 0 Å². The van der Waals surface area contributed by atoms with Crippen molar-refractivity contribution >= 4 is 34.4 Å². The lowest BCUT2D eigenvalue weighted by Gasteiger charge is -2.35. The average molecular weight is 473 g/mol. The van der Waals surface area contributed by atoms with Crippen LogP contribution in [0.4, 0.5) is 10.5 Å². The monoisotopic (exact) mass is 472 g/mol. The highest BCUT2D eigenvalue weighted by Gasteiger charge is 2.59. The number of H-pyrrole nitrogens is 1. The number of carbonyl (C=O) groups is 3. The fraction of sp³-hybridized carbons (Fsp3) is 0.393. The minimum atomic E-state index is -1.12. The van der Waals surface area contributed by atoms with Gasteiger partial charge in [-0.15, -0.1) is 0 Å². The van der Waals surface area contributed by atoms with Gasteiger partial charge in [0.2, 0.25) is 0 Å². The Morgan fingerprint density at radius 3 is 2.74 bits per heavy atom. The molecule has 35 heavy (non-hydrogen) atoms. The van der Waals surface area contributed by atoms with Crippen LogP contribution in [0.5, 0.6) is 0 Å². The highest BCUT2D eigenvalue weighted by Crippen LogP contribution is 2.45. The van der Waals surface area contributed by atoms with Crippen molar-refractivity contribution in [1.29, 1.82) is 0 Å². The summed E-state index contributed by atoms with van der Waals surface area (Å²) in [5.74, 6) is -0.503. The van der Waals surface area contributed by atoms with E-state index in [0.717, 1.165) is 47.8 Å². The number of para-hydroxylation sites is 1. The van der Waals surface area contributed by atoms with Gasteiger partial charge in [0.1, 0.15) is 0 Å². The van der Waals surface area contributed by atoms with Gasteiger partial charge in [0.05, 0.1) is 11.4 Å². The normalized spacial score (nSPS) is 20.2. The summed E-state index contributed by atoms with van der Waals surface area (Å²) in [7, 11) is 0. The number of aromatic amines is 1. The van der Waals surface area contributed by atoms with E-state index < -0.39 is 5.54 Å². The minimum Gasteiger partial charge on any atom is -0.356 e. The number of hydrogen-bond donors (Lipinski definition) is 2. The van der Waals surface area contributed by atoms with Crippen LogP contribution in [0, 0.1) is 0 Å². The standard InChI is InChI=1S/C28H32N4O3/c1-4-5-6-10-18(2)29-25(33)19-11-9-12-20(17-19)32-26(34)28(3)24-22(15-16-31(28)27(32)35)21-13-7-8-14-23(21)30-24/h7-9,11-14,17-18,30H,4-6,10,15-16H2,1-3H3,(H,29,33)/t18-,28+/m1/s1. The third kappa shape index (κ3) is 3.70. The molecule has 5 rings (SSSR count). The zero-order valence-corrected chi connectivity index (χ0v) is 20.6. The number of aromatic nitrogens is 1. The predicted octanol–water partition coefficient (Wildman–Crippen LogP) is 5.11. The summed E-state index contributed by atoms with van der Waals surface area (Å²) >= 11 is 0. The van der Waals surface area contributed by atoms with Crippen LogP contribution in [0.2, 0.25) is 0 Å². The summed E-state index contributed by atoms with van der Waals surface area (Å²) < 4.78 is 0. The van der Waals surface area contributed by atoms with E-state index >= 15 is 0 Å². The molecule has 0 unspecified atom stereocenters. The Bertz CT molecular complexity index is 1310. The highest BCUT2D eigenvalue weighted by atomic mass is 16.2. The van der Waals surface area contributed by atoms with Crippen LogP contribution in [0.15, 0.2) is 48.5 Å². The van der Waals surface area contributed by atoms with Gasteiger partial charge < -0.3 is 15.2 Å². The Kier molecular flexibility index (Phi) is 5.87. The molecular formula is C28H32N4O3. The van der Waals surface area contributed by atoms with E-state index in [1.165, 1.54) is 4.90 Å². The van der Waals surface area contributed by atoms with Gasteiger partial charge in [-0.05, 0) is 56.5 Å². The van der Waals surface area contributed by atoms with Crippen molar-refractivity contribution < 1.29 is 14.4 Å². The Morgan fingerprint density at radius 1 is 1.14 bits per heavy atom. The van der Waals surface area contributed by atoms with Crippen LogP contribution in [0.3, 0.4) is 0 Å². The molecule has 182 valence electrons. The fourth-order valence-electron chi connectivity index (χ4n) is 5.49. The summed E-state index contributed by atoms with van der Waals surface area (Å²) in [6.07, 6.45) is 4.94. The highest BCUT2D eigenvalue weighted by molar-refractivity contribution is 6.24. The van der Waals surface area contributed by atoms with E-state index in [1.807, 2.05) is 38.1 Å². The Morgan fingerprint density at radius 2 is 1.94 bits per heavy atom. The Hall–Kier alpha value is -3.61. The summed E-state index contributed by atoms with van der Waals surface area (Å²) in [6.45, 7) is 6.43. The largest absolute Gasteiger partial charge is 0.356 e. The number of imide groups is 1. The summed E-state index contributed by atoms with van der Waals surface area (Å²) in [5.41, 5.74) is 2.57. The topological polar surface area (TPSA) is 85.5 Å². The molecule has 2 aliphatic heterocycles. The number of nitrogens with one attached hydrogen (secondary N) is 2. The van der Waals surface area contributed by atoms with E-state index in [1.54, 1.807) is 29.2 Å². The smallest absolute Gasteiger partial charge is 0.332 e. The molecule has 0 aliphatic carbocycles. The number of nitrogens with zero attached hydrogens (tertiary/aromatic N) is 2. The molecule has 4 amide bonds. The van der Waals surface area contributed by atoms with E-state index in [-0.39, 0.29) is 23.9 Å². The summed E-state index contributed by atoms with van der Waals surface area (Å²) in [5, 5.41) is 4.13. The van der Waals surface area contributed by atoms with Gasteiger partial charge in [-0.1, -0.05) is 50.5 Å². The molecule has 0 saturated carbocycles. The molecule has 1 saturated heterocycles. The van der Waals surface area contributed by atoms with Crippen molar-refractivity contribution in [2.24, 2.45) is 0 Å². The van der Waals surface area contributed by atoms with Crippen molar-refractivity contribution in [2.75, 3.05) is 11.4 Å². The lowest BCUT2D eigenvalue weighted by molar-refractivity contribution is -0.125. The number of benzene rings is 2. The molecule has 7 nitrogen and oxygen atoms in total. The number of anilines is 1. The molecule has 0 bridgehead atoms. The number of hydrogen-bond acceptors (Lipinski definition) is 3. The molecule has 0 radical (unpaired) electrons. The van der Waals surface area contributed by atoms with Gasteiger partial charge in [-0.25, -0.2) is 9.69 Å². The number of fused-ring (bicyclic) bond motifs is 5. The number of urea groups is 1. The molecule has 1 aromatic heterocycles. The second-order valence-corrected chi connectivity index (χ2v) is 9.84. The number of unbranched alkanes of at least 4 members (excludes halogenated alkanes) is 2. The van der Waals surface area contributed by atoms with Crippen LogP contribution in [-0.4, -0.2) is 40.3 Å². The number of rotatable bonds is 7. The summed E-state index contributed by atoms with van der Waals surface area (Å²) in [6, 6.07) is 14.5. The van der Waals surface area contributed by atoms with Gasteiger partial charge in [0, 0.05) is 29.1 Å². The van der Waals surface area contributed by atoms with Gasteiger partial charge in [0.15, 0.2) is 5.54 Å². The van der Waals surface area contributed by atoms with Crippen molar-refractivity contribution in [3.05, 3.63) is 65.4 Å². The van der Waals surface area contributed by atoms with E-state index in [2.05, 4.69) is 17.2 Å². The maximum Gasteiger partial charge on any atom is 0.332 e. The number of carbonyl (C=O) groups excluding carboxylic acids is 3. The van der Waals surface area contributed by atoms with Crippen LogP contribution < -0.4 is 10.2 Å². The molecule has 7 heteroatoms. The first-order valence-corrected chi connectivity index (χ1v) is 12.5. The quantitative estimate of drug-likeness (QED) is 0.370. The molecule has 2 aliphatic rings. The SMILES string of the molecule is CCCCC[C@@H](C)NC(=O)c1cccc(N2C(=O)N3CCc4c([nH]c5ccccc45)[C@@]3(C)C2=O)c1. The van der Waals surface area contributed by atoms with Gasteiger partial charge in [-0.3, -0.25) is 9.59 Å². The number of amides is 4. The van der Waals surface area contributed by atoms with Crippen LogP contribution in [0.1, 0.15) is 68.1 Å². The third-order valence-corrected chi connectivity index (χ3v) is 7.45. The lowest BCUT2D eigenvalue weighted by Crippen LogP contribution is -2.49. The van der Waals surface area contributed by atoms with Gasteiger partial charge in [-0.2, -0.15) is 0 Å². The molecular weight excluding hydrogens is 440 g/mol. The van der Waals surface area contributed by atoms with Crippen LogP contribution in [-0.2, 0) is 16.8 Å². The average Bonchev–Trinajstić information content (AvgIpc) is 3.33. The molecule has 3 aromatic rings. The summed E-state index contributed by atoms with van der Waals surface area (Å²) in [4.78, 5) is 46.5. The predicted molar refractivity (Wildman–Crippen MR) is 136 cm³/mol. The molecule has 3 heterocycles. The molecule has 0 spiro atoms. The van der Waals surface area contributed by atoms with E-state index in [4.69, 9.17) is 0 Å². The Labute approximate surface area is 205 Å². The van der Waals surface area contributed by atoms with Crippen LogP contribution in [0.25, 0.3) is 10.9 Å². The maximum absolute atomic E-state index is 13.9. The molecule has 2 aromatic carbocycles. The zero-order chi connectivity index (χ0) is 24.7. The molecule has 1 fully saturated rings. The second kappa shape index (κ2) is 8.87. The fourth-order valence-corrected chi connectivity index (χ4v) is 5.49. The minimum absolute atomic E-state index is 0.0566. The first kappa shape index (κ1) is 23.1. The van der Waals surface area contributed by atoms with Crippen molar-refractivity contribution in [1.82, 2.24) is 15.2 Å². The zero-order valence-electron chi connectivity index (χ0n) is 20.6. The maximum atomic E-state index is 13.9.